The van der Waals surface area contributed by atoms with Crippen LogP contribution in [0.3, 0.4) is 0 Å². The molecule has 0 amide bonds. The lowest BCUT2D eigenvalue weighted by molar-refractivity contribution is 0.0729. The van der Waals surface area contributed by atoms with E-state index in [9.17, 15) is 8.42 Å². The lowest BCUT2D eigenvalue weighted by atomic mass is 10.4. The van der Waals surface area contributed by atoms with Crippen LogP contribution in [-0.2, 0) is 14.8 Å². The van der Waals surface area contributed by atoms with Gasteiger partial charge < -0.3 is 10.1 Å². The highest BCUT2D eigenvalue weighted by molar-refractivity contribution is 7.89. The Hall–Kier alpha value is -1.18. The topological polar surface area (TPSA) is 71.5 Å². The number of rotatable bonds is 4. The summed E-state index contributed by atoms with van der Waals surface area (Å²) in [4.78, 5) is 4.01. The number of nitrogens with one attached hydrogen (secondary N) is 1. The first kappa shape index (κ1) is 13.3. The molecule has 100 valence electrons. The summed E-state index contributed by atoms with van der Waals surface area (Å²) >= 11 is 0. The predicted octanol–water partition coefficient (Wildman–Crippen LogP) is 0.534. The van der Waals surface area contributed by atoms with Crippen LogP contribution in [0.5, 0.6) is 0 Å². The van der Waals surface area contributed by atoms with E-state index in [2.05, 4.69) is 10.3 Å². The largest absolute Gasteiger partial charge is 0.383 e. The first-order valence-corrected chi connectivity index (χ1v) is 7.37. The first-order chi connectivity index (χ1) is 8.66. The van der Waals surface area contributed by atoms with Crippen molar-refractivity contribution in [1.82, 2.24) is 9.29 Å². The minimum absolute atomic E-state index is 0.0914. The molecule has 0 unspecified atom stereocenters. The molecule has 1 N–H and O–H groups in total. The summed E-state index contributed by atoms with van der Waals surface area (Å²) in [5, 5.41) is 3.11. The van der Waals surface area contributed by atoms with Crippen LogP contribution in [-0.4, -0.2) is 50.6 Å². The van der Waals surface area contributed by atoms with Gasteiger partial charge in [0.1, 0.15) is 0 Å². The van der Waals surface area contributed by atoms with Crippen LogP contribution in [0.4, 0.5) is 5.69 Å². The van der Waals surface area contributed by atoms with Crippen molar-refractivity contribution in [3.8, 4) is 0 Å². The zero-order valence-corrected chi connectivity index (χ0v) is 11.1. The van der Waals surface area contributed by atoms with E-state index >= 15 is 0 Å². The molecule has 1 fully saturated rings. The van der Waals surface area contributed by atoms with Crippen LogP contribution >= 0.6 is 0 Å². The Morgan fingerprint density at radius 3 is 2.83 bits per heavy atom. The molecule has 0 aliphatic carbocycles. The Morgan fingerprint density at radius 2 is 2.17 bits per heavy atom. The van der Waals surface area contributed by atoms with Gasteiger partial charge in [-0.05, 0) is 19.1 Å². The third-order valence-electron chi connectivity index (χ3n) is 2.69. The van der Waals surface area contributed by atoms with Gasteiger partial charge in [-0.15, -0.1) is 0 Å². The fourth-order valence-electron chi connectivity index (χ4n) is 1.83. The molecule has 1 aliphatic rings. The highest BCUT2D eigenvalue weighted by atomic mass is 32.2. The second kappa shape index (κ2) is 5.64. The average molecular weight is 271 g/mol. The van der Waals surface area contributed by atoms with Crippen molar-refractivity contribution >= 4 is 15.7 Å². The molecule has 0 bridgehead atoms. The molecule has 7 heteroatoms. The van der Waals surface area contributed by atoms with E-state index in [1.54, 1.807) is 12.1 Å². The number of pyridine rings is 1. The number of nitrogens with zero attached hydrogens (tertiary/aromatic N) is 2. The van der Waals surface area contributed by atoms with Gasteiger partial charge in [-0.3, -0.25) is 0 Å². The Balaban J connectivity index is 2.34. The monoisotopic (exact) mass is 271 g/mol. The fraction of sp³-hybridized carbons (Fsp3) is 0.545. The molecule has 1 saturated heterocycles. The van der Waals surface area contributed by atoms with Crippen molar-refractivity contribution in [2.45, 2.75) is 11.9 Å². The number of anilines is 1. The van der Waals surface area contributed by atoms with Crippen LogP contribution < -0.4 is 5.32 Å². The number of morpholine rings is 1. The highest BCUT2D eigenvalue weighted by Gasteiger charge is 2.29. The van der Waals surface area contributed by atoms with E-state index in [0.29, 0.717) is 38.5 Å². The Bertz CT molecular complexity index is 498. The summed E-state index contributed by atoms with van der Waals surface area (Å²) in [5.41, 5.74) is 0.548. The molecule has 0 radical (unpaired) electrons. The molecule has 1 aromatic heterocycles. The number of hydrogen-bond acceptors (Lipinski definition) is 5. The van der Waals surface area contributed by atoms with Crippen molar-refractivity contribution in [2.75, 3.05) is 38.2 Å². The summed E-state index contributed by atoms with van der Waals surface area (Å²) < 4.78 is 31.5. The van der Waals surface area contributed by atoms with E-state index in [-0.39, 0.29) is 5.03 Å². The summed E-state index contributed by atoms with van der Waals surface area (Å²) in [6, 6.07) is 3.44. The second-order valence-electron chi connectivity index (χ2n) is 3.90. The SMILES string of the molecule is CCNc1cccnc1S(=O)(=O)N1CCOCC1. The third-order valence-corrected chi connectivity index (χ3v) is 4.55. The van der Waals surface area contributed by atoms with Gasteiger partial charge in [0.25, 0.3) is 10.0 Å². The zero-order chi connectivity index (χ0) is 13.0. The van der Waals surface area contributed by atoms with Crippen molar-refractivity contribution in [3.05, 3.63) is 18.3 Å². The molecule has 6 nitrogen and oxygen atoms in total. The van der Waals surface area contributed by atoms with Gasteiger partial charge in [0.15, 0.2) is 5.03 Å². The molecule has 2 rings (SSSR count). The van der Waals surface area contributed by atoms with Crippen LogP contribution in [0.1, 0.15) is 6.92 Å². The summed E-state index contributed by atoms with van der Waals surface area (Å²) in [6.07, 6.45) is 1.49. The fourth-order valence-corrected chi connectivity index (χ4v) is 3.32. The van der Waals surface area contributed by atoms with Gasteiger partial charge in [0, 0.05) is 25.8 Å². The molecular formula is C11H17N3O3S. The van der Waals surface area contributed by atoms with Gasteiger partial charge in [0.05, 0.1) is 18.9 Å². The third kappa shape index (κ3) is 2.63. The van der Waals surface area contributed by atoms with Crippen LogP contribution in [0, 0.1) is 0 Å². The van der Waals surface area contributed by atoms with E-state index in [1.165, 1.54) is 10.5 Å². The maximum absolute atomic E-state index is 12.5. The Labute approximate surface area is 107 Å². The molecule has 0 spiro atoms. The van der Waals surface area contributed by atoms with Gasteiger partial charge in [0.2, 0.25) is 0 Å². The Kier molecular flexibility index (Phi) is 4.15. The molecule has 0 saturated carbocycles. The number of aromatic nitrogens is 1. The minimum atomic E-state index is -3.54. The Morgan fingerprint density at radius 1 is 1.44 bits per heavy atom. The van der Waals surface area contributed by atoms with Gasteiger partial charge in [-0.25, -0.2) is 13.4 Å². The van der Waals surface area contributed by atoms with Crippen LogP contribution in [0.25, 0.3) is 0 Å². The number of ether oxygens (including phenoxy) is 1. The van der Waals surface area contributed by atoms with Gasteiger partial charge >= 0.3 is 0 Å². The molecule has 2 heterocycles. The van der Waals surface area contributed by atoms with Gasteiger partial charge in [-0.2, -0.15) is 4.31 Å². The summed E-state index contributed by atoms with van der Waals surface area (Å²) in [5.74, 6) is 0. The maximum Gasteiger partial charge on any atom is 0.262 e. The van der Waals surface area contributed by atoms with E-state index < -0.39 is 10.0 Å². The first-order valence-electron chi connectivity index (χ1n) is 5.93. The average Bonchev–Trinajstić information content (AvgIpc) is 2.41. The van der Waals surface area contributed by atoms with Crippen molar-refractivity contribution in [1.29, 1.82) is 0 Å². The van der Waals surface area contributed by atoms with Gasteiger partial charge in [-0.1, -0.05) is 0 Å². The smallest absolute Gasteiger partial charge is 0.262 e. The highest BCUT2D eigenvalue weighted by Crippen LogP contribution is 2.22. The zero-order valence-electron chi connectivity index (χ0n) is 10.3. The summed E-state index contributed by atoms with van der Waals surface area (Å²) in [7, 11) is -3.54. The maximum atomic E-state index is 12.5. The van der Waals surface area contributed by atoms with E-state index in [0.717, 1.165) is 0 Å². The molecule has 0 aromatic carbocycles. The molecule has 1 aromatic rings. The predicted molar refractivity (Wildman–Crippen MR) is 68.0 cm³/mol. The standard InChI is InChI=1S/C11H17N3O3S/c1-2-12-10-4-3-5-13-11(10)18(15,16)14-6-8-17-9-7-14/h3-5,12H,2,6-9H2,1H3. The van der Waals surface area contributed by atoms with Crippen molar-refractivity contribution < 1.29 is 13.2 Å². The molecule has 18 heavy (non-hydrogen) atoms. The molecular weight excluding hydrogens is 254 g/mol. The number of hydrogen-bond donors (Lipinski definition) is 1. The lowest BCUT2D eigenvalue weighted by Gasteiger charge is -2.26. The number of sulfonamides is 1. The lowest BCUT2D eigenvalue weighted by Crippen LogP contribution is -2.41. The van der Waals surface area contributed by atoms with Crippen molar-refractivity contribution in [3.63, 3.8) is 0 Å². The van der Waals surface area contributed by atoms with Crippen LogP contribution in [0.2, 0.25) is 0 Å². The summed E-state index contributed by atoms with van der Waals surface area (Å²) in [6.45, 7) is 4.19. The molecule has 0 atom stereocenters. The van der Waals surface area contributed by atoms with Crippen LogP contribution in [0.15, 0.2) is 23.4 Å². The van der Waals surface area contributed by atoms with Crippen molar-refractivity contribution in [2.24, 2.45) is 0 Å². The normalized spacial score (nSPS) is 17.6. The van der Waals surface area contributed by atoms with E-state index in [1.807, 2.05) is 6.92 Å². The molecule has 1 aliphatic heterocycles. The minimum Gasteiger partial charge on any atom is -0.383 e. The van der Waals surface area contributed by atoms with E-state index in [4.69, 9.17) is 4.74 Å². The second-order valence-corrected chi connectivity index (χ2v) is 5.76. The quantitative estimate of drug-likeness (QED) is 0.865.